The molecular weight excluding hydrogens is 214 g/mol. The Kier molecular flexibility index (Phi) is 13.0. The van der Waals surface area contributed by atoms with E-state index in [1.165, 1.54) is 51.4 Å². The maximum atomic E-state index is 10.0. The first-order chi connectivity index (χ1) is 8.31. The van der Waals surface area contributed by atoms with Crippen molar-refractivity contribution in [3.63, 3.8) is 0 Å². The number of rotatable bonds is 13. The van der Waals surface area contributed by atoms with Crippen LogP contribution in [0.15, 0.2) is 0 Å². The van der Waals surface area contributed by atoms with Gasteiger partial charge in [-0.2, -0.15) is 0 Å². The maximum absolute atomic E-state index is 10.0. The van der Waals surface area contributed by atoms with Crippen molar-refractivity contribution in [2.24, 2.45) is 0 Å². The van der Waals surface area contributed by atoms with Gasteiger partial charge in [-0.1, -0.05) is 64.7 Å². The summed E-state index contributed by atoms with van der Waals surface area (Å²) in [6.45, 7) is 2.63. The second-order valence-electron chi connectivity index (χ2n) is 4.80. The van der Waals surface area contributed by atoms with Crippen LogP contribution >= 0.6 is 0 Å². The molecule has 1 amide bonds. The molecule has 0 bridgehead atoms. The molecule has 3 heteroatoms. The molecule has 2 N–H and O–H groups in total. The fraction of sp³-hybridized carbons (Fsp3) is 0.929. The Hall–Kier alpha value is -0.570. The van der Waals surface area contributed by atoms with Crippen LogP contribution in [-0.4, -0.2) is 24.2 Å². The fourth-order valence-corrected chi connectivity index (χ4v) is 1.98. The van der Waals surface area contributed by atoms with Gasteiger partial charge in [-0.3, -0.25) is 4.79 Å². The highest BCUT2D eigenvalue weighted by molar-refractivity contribution is 5.45. The molecule has 0 aromatic rings. The van der Waals surface area contributed by atoms with E-state index in [9.17, 15) is 9.90 Å². The topological polar surface area (TPSA) is 49.3 Å². The Morgan fingerprint density at radius 1 is 1.00 bits per heavy atom. The second kappa shape index (κ2) is 13.5. The van der Waals surface area contributed by atoms with Gasteiger partial charge < -0.3 is 10.4 Å². The van der Waals surface area contributed by atoms with E-state index in [0.717, 1.165) is 12.8 Å². The molecule has 0 saturated carbocycles. The van der Waals surface area contributed by atoms with Crippen molar-refractivity contribution in [3.8, 4) is 0 Å². The molecule has 0 spiro atoms. The van der Waals surface area contributed by atoms with E-state index in [2.05, 4.69) is 12.2 Å². The number of aliphatic hydroxyl groups excluding tert-OH is 1. The van der Waals surface area contributed by atoms with E-state index < -0.39 is 0 Å². The van der Waals surface area contributed by atoms with Gasteiger partial charge in [0.15, 0.2) is 0 Å². The normalized spacial score (nSPS) is 12.4. The Bertz CT molecular complexity index is 162. The molecule has 0 saturated heterocycles. The van der Waals surface area contributed by atoms with E-state index in [4.69, 9.17) is 0 Å². The van der Waals surface area contributed by atoms with Gasteiger partial charge in [-0.05, 0) is 6.42 Å². The van der Waals surface area contributed by atoms with Gasteiger partial charge in [0.05, 0.1) is 6.10 Å². The lowest BCUT2D eigenvalue weighted by molar-refractivity contribution is -0.110. The van der Waals surface area contributed by atoms with Crippen LogP contribution in [0.2, 0.25) is 0 Å². The molecule has 102 valence electrons. The maximum Gasteiger partial charge on any atom is 0.207 e. The van der Waals surface area contributed by atoms with Crippen LogP contribution in [-0.2, 0) is 4.79 Å². The zero-order valence-electron chi connectivity index (χ0n) is 11.3. The molecule has 1 unspecified atom stereocenters. The quantitative estimate of drug-likeness (QED) is 0.386. The van der Waals surface area contributed by atoms with Crippen molar-refractivity contribution in [2.75, 3.05) is 6.54 Å². The average molecular weight is 243 g/mol. The summed E-state index contributed by atoms with van der Waals surface area (Å²) >= 11 is 0. The van der Waals surface area contributed by atoms with Crippen LogP contribution in [0.3, 0.4) is 0 Å². The molecule has 0 aromatic carbocycles. The first-order valence-corrected chi connectivity index (χ1v) is 7.16. The zero-order chi connectivity index (χ0) is 12.8. The molecule has 0 aromatic heterocycles. The lowest BCUT2D eigenvalue weighted by Gasteiger charge is -2.09. The summed E-state index contributed by atoms with van der Waals surface area (Å²) in [5.74, 6) is 0. The van der Waals surface area contributed by atoms with Crippen LogP contribution < -0.4 is 5.32 Å². The van der Waals surface area contributed by atoms with Crippen molar-refractivity contribution in [1.29, 1.82) is 0 Å². The average Bonchev–Trinajstić information content (AvgIpc) is 2.34. The first-order valence-electron chi connectivity index (χ1n) is 7.16. The highest BCUT2D eigenvalue weighted by Crippen LogP contribution is 2.11. The zero-order valence-corrected chi connectivity index (χ0v) is 11.3. The van der Waals surface area contributed by atoms with Gasteiger partial charge in [0.1, 0.15) is 0 Å². The van der Waals surface area contributed by atoms with Crippen molar-refractivity contribution < 1.29 is 9.90 Å². The molecule has 0 radical (unpaired) electrons. The number of carbonyl (C=O) groups is 1. The minimum atomic E-state index is -0.371. The molecule has 0 fully saturated rings. The summed E-state index contributed by atoms with van der Waals surface area (Å²) < 4.78 is 0. The molecule has 0 aliphatic carbocycles. The van der Waals surface area contributed by atoms with Crippen LogP contribution in [0, 0.1) is 0 Å². The van der Waals surface area contributed by atoms with E-state index in [1.807, 2.05) is 0 Å². The number of amides is 1. The Morgan fingerprint density at radius 2 is 1.53 bits per heavy atom. The number of aliphatic hydroxyl groups is 1. The molecule has 0 aliphatic heterocycles. The number of hydrogen-bond donors (Lipinski definition) is 2. The first kappa shape index (κ1) is 16.4. The molecule has 1 atom stereocenters. The third-order valence-corrected chi connectivity index (χ3v) is 3.08. The summed E-state index contributed by atoms with van der Waals surface area (Å²) in [6.07, 6.45) is 12.7. The predicted octanol–water partition coefficient (Wildman–Crippen LogP) is 3.01. The van der Waals surface area contributed by atoms with Gasteiger partial charge in [0.2, 0.25) is 6.41 Å². The molecule has 0 heterocycles. The van der Waals surface area contributed by atoms with Gasteiger partial charge in [0, 0.05) is 6.54 Å². The highest BCUT2D eigenvalue weighted by atomic mass is 16.3. The van der Waals surface area contributed by atoms with Gasteiger partial charge in [-0.25, -0.2) is 0 Å². The number of nitrogens with one attached hydrogen (secondary N) is 1. The van der Waals surface area contributed by atoms with Gasteiger partial charge >= 0.3 is 0 Å². The third kappa shape index (κ3) is 13.4. The smallest absolute Gasteiger partial charge is 0.207 e. The third-order valence-electron chi connectivity index (χ3n) is 3.08. The highest BCUT2D eigenvalue weighted by Gasteiger charge is 2.02. The summed E-state index contributed by atoms with van der Waals surface area (Å²) in [7, 11) is 0. The van der Waals surface area contributed by atoms with Crippen LogP contribution in [0.5, 0.6) is 0 Å². The monoisotopic (exact) mass is 243 g/mol. The van der Waals surface area contributed by atoms with Crippen molar-refractivity contribution in [3.05, 3.63) is 0 Å². The number of hydrogen-bond acceptors (Lipinski definition) is 2. The molecule has 0 rings (SSSR count). The van der Waals surface area contributed by atoms with Crippen molar-refractivity contribution >= 4 is 6.41 Å². The van der Waals surface area contributed by atoms with E-state index in [-0.39, 0.29) is 6.10 Å². The summed E-state index contributed by atoms with van der Waals surface area (Å²) in [4.78, 5) is 10.0. The molecular formula is C14H29NO2. The molecule has 17 heavy (non-hydrogen) atoms. The Balaban J connectivity index is 3.04. The predicted molar refractivity (Wildman–Crippen MR) is 71.9 cm³/mol. The Labute approximate surface area is 106 Å². The number of carbonyl (C=O) groups excluding carboxylic acids is 1. The van der Waals surface area contributed by atoms with E-state index in [0.29, 0.717) is 13.0 Å². The van der Waals surface area contributed by atoms with E-state index in [1.54, 1.807) is 0 Å². The summed E-state index contributed by atoms with van der Waals surface area (Å²) in [6, 6.07) is 0. The summed E-state index contributed by atoms with van der Waals surface area (Å²) in [5.41, 5.74) is 0. The number of unbranched alkanes of at least 4 members (excludes halogenated alkanes) is 8. The minimum absolute atomic E-state index is 0.371. The Morgan fingerprint density at radius 3 is 2.06 bits per heavy atom. The largest absolute Gasteiger partial charge is 0.391 e. The van der Waals surface area contributed by atoms with Gasteiger partial charge in [0.25, 0.3) is 0 Å². The molecule has 3 nitrogen and oxygen atoms in total. The van der Waals surface area contributed by atoms with E-state index >= 15 is 0 Å². The standard InChI is InChI=1S/C14H29NO2/c1-2-3-4-5-6-7-8-9-10-11-14(17)12-15-13-16/h13-14,17H,2-12H2,1H3,(H,15,16). The second-order valence-corrected chi connectivity index (χ2v) is 4.80. The lowest BCUT2D eigenvalue weighted by atomic mass is 10.1. The molecule has 0 aliphatic rings. The fourth-order valence-electron chi connectivity index (χ4n) is 1.98. The SMILES string of the molecule is CCCCCCCCCCCC(O)CNC=O. The van der Waals surface area contributed by atoms with Gasteiger partial charge in [-0.15, -0.1) is 0 Å². The van der Waals surface area contributed by atoms with Crippen LogP contribution in [0.25, 0.3) is 0 Å². The minimum Gasteiger partial charge on any atom is -0.391 e. The van der Waals surface area contributed by atoms with Crippen molar-refractivity contribution in [2.45, 2.75) is 77.2 Å². The van der Waals surface area contributed by atoms with Crippen LogP contribution in [0.1, 0.15) is 71.1 Å². The lowest BCUT2D eigenvalue weighted by Crippen LogP contribution is -2.25. The summed E-state index contributed by atoms with van der Waals surface area (Å²) in [5, 5.41) is 12.0. The van der Waals surface area contributed by atoms with Crippen molar-refractivity contribution in [1.82, 2.24) is 5.32 Å². The van der Waals surface area contributed by atoms with Crippen LogP contribution in [0.4, 0.5) is 0 Å².